The van der Waals surface area contributed by atoms with Crippen molar-refractivity contribution in [1.82, 2.24) is 4.98 Å². The van der Waals surface area contributed by atoms with Gasteiger partial charge in [-0.1, -0.05) is 13.8 Å². The van der Waals surface area contributed by atoms with E-state index < -0.39 is 0 Å². The molecular weight excluding hydrogens is 224 g/mol. The van der Waals surface area contributed by atoms with Gasteiger partial charge < -0.3 is 10.5 Å². The molecule has 0 bridgehead atoms. The third kappa shape index (κ3) is 3.90. The number of carbonyl (C=O) groups is 1. The standard InChI is InChI=1S/C11H18N2O2S/c1-7(2)4-9(12)11-13-8(6-16-11)5-10(14)15-3/h6-7,9H,4-5,12H2,1-3H3. The van der Waals surface area contributed by atoms with Gasteiger partial charge in [0.05, 0.1) is 25.3 Å². The first-order chi connectivity index (χ1) is 7.52. The lowest BCUT2D eigenvalue weighted by Gasteiger charge is -2.10. The van der Waals surface area contributed by atoms with Crippen molar-refractivity contribution in [3.8, 4) is 0 Å². The fourth-order valence-electron chi connectivity index (χ4n) is 1.40. The molecule has 1 atom stereocenters. The van der Waals surface area contributed by atoms with Crippen LogP contribution >= 0.6 is 11.3 Å². The molecule has 4 nitrogen and oxygen atoms in total. The molecule has 0 saturated carbocycles. The number of nitrogens with zero attached hydrogens (tertiary/aromatic N) is 1. The Balaban J connectivity index is 2.60. The fourth-order valence-corrected chi connectivity index (χ4v) is 2.24. The molecule has 1 unspecified atom stereocenters. The molecule has 1 rings (SSSR count). The summed E-state index contributed by atoms with van der Waals surface area (Å²) < 4.78 is 4.58. The highest BCUT2D eigenvalue weighted by Gasteiger charge is 2.14. The molecule has 0 aliphatic rings. The monoisotopic (exact) mass is 242 g/mol. The van der Waals surface area contributed by atoms with Crippen LogP contribution in [0.5, 0.6) is 0 Å². The van der Waals surface area contributed by atoms with Crippen LogP contribution in [0.2, 0.25) is 0 Å². The largest absolute Gasteiger partial charge is 0.469 e. The van der Waals surface area contributed by atoms with Gasteiger partial charge in [-0.05, 0) is 12.3 Å². The molecule has 0 radical (unpaired) electrons. The number of thiazole rings is 1. The average molecular weight is 242 g/mol. The van der Waals surface area contributed by atoms with Gasteiger partial charge in [-0.15, -0.1) is 11.3 Å². The van der Waals surface area contributed by atoms with Crippen LogP contribution in [-0.2, 0) is 16.0 Å². The summed E-state index contributed by atoms with van der Waals surface area (Å²) in [5, 5.41) is 2.76. The summed E-state index contributed by atoms with van der Waals surface area (Å²) >= 11 is 1.51. The summed E-state index contributed by atoms with van der Waals surface area (Å²) in [6.07, 6.45) is 1.13. The van der Waals surface area contributed by atoms with E-state index in [0.29, 0.717) is 5.92 Å². The first-order valence-corrected chi connectivity index (χ1v) is 6.17. The molecule has 90 valence electrons. The highest BCUT2D eigenvalue weighted by atomic mass is 32.1. The summed E-state index contributed by atoms with van der Waals surface area (Å²) in [7, 11) is 1.38. The van der Waals surface area contributed by atoms with Crippen molar-refractivity contribution < 1.29 is 9.53 Å². The molecule has 0 amide bonds. The smallest absolute Gasteiger partial charge is 0.311 e. The molecule has 0 aliphatic heterocycles. The molecule has 0 fully saturated rings. The highest BCUT2D eigenvalue weighted by molar-refractivity contribution is 7.09. The maximum Gasteiger partial charge on any atom is 0.311 e. The lowest BCUT2D eigenvalue weighted by Crippen LogP contribution is -2.13. The van der Waals surface area contributed by atoms with E-state index in [9.17, 15) is 4.79 Å². The number of rotatable bonds is 5. The van der Waals surface area contributed by atoms with Crippen LogP contribution < -0.4 is 5.73 Å². The number of ether oxygens (including phenoxy) is 1. The van der Waals surface area contributed by atoms with E-state index in [1.165, 1.54) is 18.4 Å². The minimum Gasteiger partial charge on any atom is -0.469 e. The van der Waals surface area contributed by atoms with Gasteiger partial charge in [-0.3, -0.25) is 4.79 Å². The van der Waals surface area contributed by atoms with Crippen LogP contribution in [-0.4, -0.2) is 18.1 Å². The van der Waals surface area contributed by atoms with Gasteiger partial charge in [-0.25, -0.2) is 4.98 Å². The normalized spacial score (nSPS) is 12.8. The molecule has 1 heterocycles. The summed E-state index contributed by atoms with van der Waals surface area (Å²) in [4.78, 5) is 15.4. The van der Waals surface area contributed by atoms with Gasteiger partial charge in [0.25, 0.3) is 0 Å². The molecular formula is C11H18N2O2S. The van der Waals surface area contributed by atoms with E-state index in [1.54, 1.807) is 0 Å². The Morgan fingerprint density at radius 3 is 2.88 bits per heavy atom. The predicted octanol–water partition coefficient (Wildman–Crippen LogP) is 1.90. The van der Waals surface area contributed by atoms with Crippen LogP contribution in [0.15, 0.2) is 5.38 Å². The van der Waals surface area contributed by atoms with Gasteiger partial charge in [-0.2, -0.15) is 0 Å². The second-order valence-electron chi connectivity index (χ2n) is 4.17. The maximum absolute atomic E-state index is 11.0. The quantitative estimate of drug-likeness (QED) is 0.801. The van der Waals surface area contributed by atoms with Crippen molar-refractivity contribution in [3.63, 3.8) is 0 Å². The van der Waals surface area contributed by atoms with Crippen molar-refractivity contribution in [3.05, 3.63) is 16.1 Å². The number of aromatic nitrogens is 1. The van der Waals surface area contributed by atoms with E-state index in [0.717, 1.165) is 17.1 Å². The minimum absolute atomic E-state index is 0.0311. The van der Waals surface area contributed by atoms with Gasteiger partial charge >= 0.3 is 5.97 Å². The number of nitrogens with two attached hydrogens (primary N) is 1. The Hall–Kier alpha value is -0.940. The highest BCUT2D eigenvalue weighted by Crippen LogP contribution is 2.22. The average Bonchev–Trinajstić information content (AvgIpc) is 2.65. The Labute approximate surface area is 99.8 Å². The predicted molar refractivity (Wildman–Crippen MR) is 64.2 cm³/mol. The number of esters is 1. The zero-order valence-electron chi connectivity index (χ0n) is 9.90. The van der Waals surface area contributed by atoms with Gasteiger partial charge in [0.15, 0.2) is 0 Å². The molecule has 16 heavy (non-hydrogen) atoms. The summed E-state index contributed by atoms with van der Waals surface area (Å²) in [6, 6.07) is -0.0311. The van der Waals surface area contributed by atoms with E-state index in [4.69, 9.17) is 5.73 Å². The Morgan fingerprint density at radius 1 is 1.62 bits per heavy atom. The van der Waals surface area contributed by atoms with Crippen LogP contribution in [0.3, 0.4) is 0 Å². The second kappa shape index (κ2) is 5.96. The number of hydrogen-bond donors (Lipinski definition) is 1. The van der Waals surface area contributed by atoms with Crippen LogP contribution in [0, 0.1) is 5.92 Å². The van der Waals surface area contributed by atoms with Crippen molar-refractivity contribution in [2.75, 3.05) is 7.11 Å². The summed E-state index contributed by atoms with van der Waals surface area (Å²) in [6.45, 7) is 4.26. The number of methoxy groups -OCH3 is 1. The molecule has 1 aromatic rings. The Morgan fingerprint density at radius 2 is 2.31 bits per heavy atom. The van der Waals surface area contributed by atoms with Crippen molar-refractivity contribution >= 4 is 17.3 Å². The molecule has 5 heteroatoms. The van der Waals surface area contributed by atoms with Crippen molar-refractivity contribution in [1.29, 1.82) is 0 Å². The molecule has 0 aromatic carbocycles. The van der Waals surface area contributed by atoms with E-state index >= 15 is 0 Å². The van der Waals surface area contributed by atoms with Gasteiger partial charge in [0.1, 0.15) is 5.01 Å². The van der Waals surface area contributed by atoms with E-state index in [1.807, 2.05) is 5.38 Å². The Kier molecular flexibility index (Phi) is 4.89. The molecule has 0 spiro atoms. The van der Waals surface area contributed by atoms with Crippen LogP contribution in [0.1, 0.15) is 37.0 Å². The van der Waals surface area contributed by atoms with Crippen molar-refractivity contribution in [2.45, 2.75) is 32.7 Å². The van der Waals surface area contributed by atoms with E-state index in [2.05, 4.69) is 23.6 Å². The lowest BCUT2D eigenvalue weighted by molar-refractivity contribution is -0.139. The van der Waals surface area contributed by atoms with E-state index in [-0.39, 0.29) is 18.4 Å². The summed E-state index contributed by atoms with van der Waals surface area (Å²) in [5.74, 6) is 0.275. The third-order valence-corrected chi connectivity index (χ3v) is 3.19. The molecule has 1 aromatic heterocycles. The first kappa shape index (κ1) is 13.1. The lowest BCUT2D eigenvalue weighted by atomic mass is 10.1. The first-order valence-electron chi connectivity index (χ1n) is 5.29. The summed E-state index contributed by atoms with van der Waals surface area (Å²) in [5.41, 5.74) is 6.75. The number of hydrogen-bond acceptors (Lipinski definition) is 5. The minimum atomic E-state index is -0.269. The topological polar surface area (TPSA) is 65.2 Å². The fraction of sp³-hybridized carbons (Fsp3) is 0.636. The SMILES string of the molecule is COC(=O)Cc1csc(C(N)CC(C)C)n1. The van der Waals surface area contributed by atoms with Gasteiger partial charge in [0, 0.05) is 5.38 Å². The van der Waals surface area contributed by atoms with Crippen LogP contribution in [0.4, 0.5) is 0 Å². The molecule has 2 N–H and O–H groups in total. The Bertz CT molecular complexity index is 350. The second-order valence-corrected chi connectivity index (χ2v) is 5.06. The zero-order chi connectivity index (χ0) is 12.1. The van der Waals surface area contributed by atoms with Gasteiger partial charge in [0.2, 0.25) is 0 Å². The molecule has 0 saturated heterocycles. The maximum atomic E-state index is 11.0. The molecule has 0 aliphatic carbocycles. The zero-order valence-corrected chi connectivity index (χ0v) is 10.7. The number of carbonyl (C=O) groups excluding carboxylic acids is 1. The van der Waals surface area contributed by atoms with Crippen molar-refractivity contribution in [2.24, 2.45) is 11.7 Å². The third-order valence-electron chi connectivity index (χ3n) is 2.17. The van der Waals surface area contributed by atoms with Crippen LogP contribution in [0.25, 0.3) is 0 Å².